The highest BCUT2D eigenvalue weighted by atomic mass is 35.5. The maximum atomic E-state index is 12.1. The van der Waals surface area contributed by atoms with Gasteiger partial charge < -0.3 is 10.4 Å². The van der Waals surface area contributed by atoms with E-state index < -0.39 is 17.9 Å². The summed E-state index contributed by atoms with van der Waals surface area (Å²) in [5.41, 5.74) is 1.39. The first-order chi connectivity index (χ1) is 9.99. The van der Waals surface area contributed by atoms with E-state index in [0.717, 1.165) is 5.69 Å². The molecule has 0 bridgehead atoms. The monoisotopic (exact) mass is 304 g/mol. The Hall–Kier alpha value is -2.40. The molecular weight excluding hydrogens is 292 g/mol. The van der Waals surface area contributed by atoms with E-state index in [1.807, 2.05) is 0 Å². The molecule has 1 aromatic heterocycles. The van der Waals surface area contributed by atoms with Gasteiger partial charge in [-0.25, -0.2) is 4.79 Å². The summed E-state index contributed by atoms with van der Waals surface area (Å²) in [6.45, 7) is 1.80. The van der Waals surface area contributed by atoms with Gasteiger partial charge in [-0.3, -0.25) is 9.78 Å². The summed E-state index contributed by atoms with van der Waals surface area (Å²) in [7, 11) is 0. The van der Waals surface area contributed by atoms with Crippen molar-refractivity contribution < 1.29 is 14.7 Å². The summed E-state index contributed by atoms with van der Waals surface area (Å²) in [5.74, 6) is -1.70. The van der Waals surface area contributed by atoms with Crippen LogP contribution in [-0.4, -0.2) is 22.0 Å². The fourth-order valence-electron chi connectivity index (χ4n) is 1.80. The first-order valence-electron chi connectivity index (χ1n) is 6.20. The summed E-state index contributed by atoms with van der Waals surface area (Å²) < 4.78 is 0. The van der Waals surface area contributed by atoms with Crippen LogP contribution < -0.4 is 5.32 Å². The number of nitrogens with zero attached hydrogens (tertiary/aromatic N) is 1. The number of pyridine rings is 1. The molecule has 1 amide bonds. The Morgan fingerprint density at radius 2 is 1.95 bits per heavy atom. The van der Waals surface area contributed by atoms with Crippen LogP contribution in [0, 0.1) is 6.92 Å². The Kier molecular flexibility index (Phi) is 4.55. The Labute approximate surface area is 126 Å². The van der Waals surface area contributed by atoms with Crippen molar-refractivity contribution in [2.45, 2.75) is 13.0 Å². The number of amides is 1. The average Bonchev–Trinajstić information content (AvgIpc) is 2.46. The Balaban J connectivity index is 2.25. The largest absolute Gasteiger partial charge is 0.479 e. The molecule has 0 fully saturated rings. The third-order valence-corrected chi connectivity index (χ3v) is 3.26. The lowest BCUT2D eigenvalue weighted by Crippen LogP contribution is -2.34. The lowest BCUT2D eigenvalue weighted by molar-refractivity contribution is -0.139. The van der Waals surface area contributed by atoms with E-state index in [4.69, 9.17) is 11.6 Å². The molecule has 0 aliphatic heterocycles. The molecule has 0 saturated carbocycles. The molecule has 0 radical (unpaired) electrons. The average molecular weight is 305 g/mol. The van der Waals surface area contributed by atoms with Gasteiger partial charge in [0.1, 0.15) is 0 Å². The topological polar surface area (TPSA) is 79.3 Å². The van der Waals surface area contributed by atoms with Crippen molar-refractivity contribution >= 4 is 23.5 Å². The van der Waals surface area contributed by atoms with E-state index in [2.05, 4.69) is 10.3 Å². The number of hydrogen-bond acceptors (Lipinski definition) is 3. The third kappa shape index (κ3) is 3.58. The number of hydrogen-bond donors (Lipinski definition) is 2. The number of carboxylic acids is 1. The van der Waals surface area contributed by atoms with Crippen LogP contribution in [0.15, 0.2) is 42.6 Å². The minimum atomic E-state index is -1.22. The zero-order valence-electron chi connectivity index (χ0n) is 11.2. The van der Waals surface area contributed by atoms with Crippen LogP contribution >= 0.6 is 11.6 Å². The zero-order valence-corrected chi connectivity index (χ0v) is 12.0. The quantitative estimate of drug-likeness (QED) is 0.910. The second-order valence-corrected chi connectivity index (χ2v) is 4.86. The molecule has 1 atom stereocenters. The molecule has 0 saturated heterocycles. The molecule has 21 heavy (non-hydrogen) atoms. The second-order valence-electron chi connectivity index (χ2n) is 4.45. The standard InChI is InChI=1S/C15H13ClN2O3/c1-9-6-7-10(8-17-9)14(19)18-13(15(20)21)11-4-2-3-5-12(11)16/h2-8,13H,1H3,(H,18,19)(H,20,21)/t13-/m1/s1. The second kappa shape index (κ2) is 6.37. The van der Waals surface area contributed by atoms with Gasteiger partial charge in [0.2, 0.25) is 0 Å². The highest BCUT2D eigenvalue weighted by Gasteiger charge is 2.24. The predicted molar refractivity (Wildman–Crippen MR) is 78.3 cm³/mol. The maximum absolute atomic E-state index is 12.1. The van der Waals surface area contributed by atoms with Crippen molar-refractivity contribution in [1.82, 2.24) is 10.3 Å². The molecule has 2 aromatic rings. The highest BCUT2D eigenvalue weighted by Crippen LogP contribution is 2.23. The lowest BCUT2D eigenvalue weighted by Gasteiger charge is -2.16. The number of benzene rings is 1. The lowest BCUT2D eigenvalue weighted by atomic mass is 10.1. The molecular formula is C15H13ClN2O3. The molecule has 0 unspecified atom stereocenters. The third-order valence-electron chi connectivity index (χ3n) is 2.91. The molecule has 2 rings (SSSR count). The fraction of sp³-hybridized carbons (Fsp3) is 0.133. The first kappa shape index (κ1) is 15.0. The SMILES string of the molecule is Cc1ccc(C(=O)N[C@@H](C(=O)O)c2ccccc2Cl)cn1. The van der Waals surface area contributed by atoms with Gasteiger partial charge in [-0.1, -0.05) is 29.8 Å². The molecule has 0 aliphatic carbocycles. The van der Waals surface area contributed by atoms with Crippen molar-refractivity contribution in [2.24, 2.45) is 0 Å². The Morgan fingerprint density at radius 3 is 2.52 bits per heavy atom. The summed E-state index contributed by atoms with van der Waals surface area (Å²) >= 11 is 5.99. The maximum Gasteiger partial charge on any atom is 0.330 e. The smallest absolute Gasteiger partial charge is 0.330 e. The van der Waals surface area contributed by atoms with Crippen LogP contribution in [0.1, 0.15) is 27.7 Å². The van der Waals surface area contributed by atoms with Crippen LogP contribution in [0.25, 0.3) is 0 Å². The van der Waals surface area contributed by atoms with Gasteiger partial charge in [-0.15, -0.1) is 0 Å². The number of aliphatic carboxylic acids is 1. The molecule has 6 heteroatoms. The number of nitrogens with one attached hydrogen (secondary N) is 1. The van der Waals surface area contributed by atoms with Crippen molar-refractivity contribution in [3.05, 3.63) is 64.4 Å². The summed E-state index contributed by atoms with van der Waals surface area (Å²) in [6, 6.07) is 8.55. The van der Waals surface area contributed by atoms with E-state index in [-0.39, 0.29) is 5.02 Å². The summed E-state index contributed by atoms with van der Waals surface area (Å²) in [5, 5.41) is 12.0. The van der Waals surface area contributed by atoms with Crippen LogP contribution in [0.4, 0.5) is 0 Å². The van der Waals surface area contributed by atoms with Crippen LogP contribution in [0.2, 0.25) is 5.02 Å². The first-order valence-corrected chi connectivity index (χ1v) is 6.57. The molecule has 1 aromatic carbocycles. The van der Waals surface area contributed by atoms with Crippen molar-refractivity contribution in [3.63, 3.8) is 0 Å². The van der Waals surface area contributed by atoms with Gasteiger partial charge in [-0.2, -0.15) is 0 Å². The van der Waals surface area contributed by atoms with Gasteiger partial charge >= 0.3 is 5.97 Å². The molecule has 1 heterocycles. The fourth-order valence-corrected chi connectivity index (χ4v) is 2.04. The van der Waals surface area contributed by atoms with Gasteiger partial charge in [0.15, 0.2) is 6.04 Å². The number of aryl methyl sites for hydroxylation is 1. The molecule has 108 valence electrons. The number of rotatable bonds is 4. The number of carbonyl (C=O) groups is 2. The van der Waals surface area contributed by atoms with Crippen molar-refractivity contribution in [2.75, 3.05) is 0 Å². The summed E-state index contributed by atoms with van der Waals surface area (Å²) in [6.07, 6.45) is 1.40. The predicted octanol–water partition coefficient (Wildman–Crippen LogP) is 2.60. The van der Waals surface area contributed by atoms with Gasteiger partial charge in [0, 0.05) is 22.5 Å². The Morgan fingerprint density at radius 1 is 1.24 bits per heavy atom. The molecule has 0 spiro atoms. The van der Waals surface area contributed by atoms with E-state index in [1.165, 1.54) is 6.20 Å². The molecule has 5 nitrogen and oxygen atoms in total. The van der Waals surface area contributed by atoms with Crippen molar-refractivity contribution in [3.8, 4) is 0 Å². The van der Waals surface area contributed by atoms with E-state index in [0.29, 0.717) is 11.1 Å². The minimum Gasteiger partial charge on any atom is -0.479 e. The zero-order chi connectivity index (χ0) is 15.4. The van der Waals surface area contributed by atoms with E-state index >= 15 is 0 Å². The number of aromatic nitrogens is 1. The minimum absolute atomic E-state index is 0.284. The number of carbonyl (C=O) groups excluding carboxylic acids is 1. The molecule has 0 aliphatic rings. The van der Waals surface area contributed by atoms with Crippen LogP contribution in [-0.2, 0) is 4.79 Å². The number of halogens is 1. The van der Waals surface area contributed by atoms with E-state index in [9.17, 15) is 14.7 Å². The highest BCUT2D eigenvalue weighted by molar-refractivity contribution is 6.31. The van der Waals surface area contributed by atoms with Gasteiger partial charge in [-0.05, 0) is 25.1 Å². The van der Waals surface area contributed by atoms with Gasteiger partial charge in [0.05, 0.1) is 5.56 Å². The van der Waals surface area contributed by atoms with E-state index in [1.54, 1.807) is 43.3 Å². The van der Waals surface area contributed by atoms with Crippen LogP contribution in [0.5, 0.6) is 0 Å². The van der Waals surface area contributed by atoms with Crippen molar-refractivity contribution in [1.29, 1.82) is 0 Å². The van der Waals surface area contributed by atoms with Gasteiger partial charge in [0.25, 0.3) is 5.91 Å². The Bertz CT molecular complexity index is 671. The molecule has 2 N–H and O–H groups in total. The normalized spacial score (nSPS) is 11.7. The van der Waals surface area contributed by atoms with Crippen LogP contribution in [0.3, 0.4) is 0 Å². The summed E-state index contributed by atoms with van der Waals surface area (Å²) in [4.78, 5) is 27.5. The number of carboxylic acid groups (broad SMARTS) is 1.